The number of aldehydes is 1. The molecule has 1 aromatic rings. The van der Waals surface area contributed by atoms with Gasteiger partial charge in [0.25, 0.3) is 0 Å². The van der Waals surface area contributed by atoms with Gasteiger partial charge in [0.2, 0.25) is 0 Å². The van der Waals surface area contributed by atoms with Gasteiger partial charge in [-0.3, -0.25) is 0 Å². The molecule has 0 bridgehead atoms. The molecule has 66 valence electrons. The molecule has 3 heteroatoms. The van der Waals surface area contributed by atoms with Crippen LogP contribution in [0.1, 0.15) is 17.9 Å². The molecule has 3 nitrogen and oxygen atoms in total. The summed E-state index contributed by atoms with van der Waals surface area (Å²) in [5.41, 5.74) is 0.0654. The van der Waals surface area contributed by atoms with Gasteiger partial charge in [-0.05, 0) is 12.0 Å². The molecule has 2 atom stereocenters. The predicted molar refractivity (Wildman–Crippen MR) is 48.4 cm³/mol. The summed E-state index contributed by atoms with van der Waals surface area (Å²) in [6.07, 6.45) is 1.22. The van der Waals surface area contributed by atoms with Crippen molar-refractivity contribution in [1.82, 2.24) is 0 Å². The number of carbonyl (C=O) groups is 1. The summed E-state index contributed by atoms with van der Waals surface area (Å²) in [7, 11) is 0. The van der Waals surface area contributed by atoms with Gasteiger partial charge in [-0.25, -0.2) is 0 Å². The highest BCUT2D eigenvalue weighted by atomic mass is 16.3. The van der Waals surface area contributed by atoms with E-state index < -0.39 is 5.54 Å². The van der Waals surface area contributed by atoms with Crippen LogP contribution in [0.4, 0.5) is 0 Å². The van der Waals surface area contributed by atoms with Gasteiger partial charge in [-0.2, -0.15) is 0 Å². The van der Waals surface area contributed by atoms with Crippen LogP contribution in [0.3, 0.4) is 0 Å². The third kappa shape index (κ3) is 1.16. The van der Waals surface area contributed by atoms with Crippen molar-refractivity contribution in [2.45, 2.75) is 17.9 Å². The molecule has 0 heterocycles. The number of benzene rings is 1. The van der Waals surface area contributed by atoms with Crippen LogP contribution in [0.2, 0.25) is 0 Å². The molecule has 0 aromatic heterocycles. The van der Waals surface area contributed by atoms with Gasteiger partial charge in [-0.1, -0.05) is 35.5 Å². The Kier molecular flexibility index (Phi) is 1.72. The van der Waals surface area contributed by atoms with Gasteiger partial charge in [0.15, 0.2) is 11.8 Å². The van der Waals surface area contributed by atoms with E-state index in [1.807, 2.05) is 30.3 Å². The van der Waals surface area contributed by atoms with Crippen molar-refractivity contribution in [2.75, 3.05) is 0 Å². The van der Waals surface area contributed by atoms with Gasteiger partial charge in [0.05, 0.1) is 0 Å². The van der Waals surface area contributed by atoms with E-state index in [0.717, 1.165) is 5.56 Å². The monoisotopic (exact) mass is 175 g/mol. The highest BCUT2D eigenvalue weighted by Gasteiger charge is 2.57. The molecule has 0 amide bonds. The number of nitroso groups, excluding NO2 is 1. The summed E-state index contributed by atoms with van der Waals surface area (Å²) < 4.78 is 0. The van der Waals surface area contributed by atoms with Gasteiger partial charge in [-0.15, -0.1) is 4.91 Å². The molecule has 0 radical (unpaired) electrons. The molecule has 1 aliphatic carbocycles. The predicted octanol–water partition coefficient (Wildman–Crippen LogP) is 1.88. The van der Waals surface area contributed by atoms with Crippen LogP contribution < -0.4 is 0 Å². The first kappa shape index (κ1) is 8.10. The number of hydrogen-bond acceptors (Lipinski definition) is 3. The molecule has 0 saturated heterocycles. The third-order valence-electron chi connectivity index (χ3n) is 2.55. The number of rotatable bonds is 3. The van der Waals surface area contributed by atoms with Gasteiger partial charge in [0.1, 0.15) is 0 Å². The van der Waals surface area contributed by atoms with Crippen LogP contribution in [-0.2, 0) is 4.79 Å². The molecule has 0 aliphatic heterocycles. The number of hydrogen-bond donors (Lipinski definition) is 0. The van der Waals surface area contributed by atoms with Crippen molar-refractivity contribution in [3.05, 3.63) is 40.8 Å². The number of nitrogens with zero attached hydrogens (tertiary/aromatic N) is 1. The van der Waals surface area contributed by atoms with Crippen LogP contribution in [0, 0.1) is 4.91 Å². The van der Waals surface area contributed by atoms with E-state index in [1.54, 1.807) is 0 Å². The molecule has 0 spiro atoms. The van der Waals surface area contributed by atoms with E-state index in [2.05, 4.69) is 5.18 Å². The minimum atomic E-state index is -0.957. The summed E-state index contributed by atoms with van der Waals surface area (Å²) in [4.78, 5) is 21.0. The lowest BCUT2D eigenvalue weighted by Crippen LogP contribution is -2.08. The molecule has 1 aliphatic rings. The Morgan fingerprint density at radius 3 is 2.54 bits per heavy atom. The lowest BCUT2D eigenvalue weighted by molar-refractivity contribution is -0.109. The Bertz CT molecular complexity index is 326. The molecular formula is C10H9NO2. The number of carbonyl (C=O) groups excluding carboxylic acids is 1. The maximum Gasteiger partial charge on any atom is 0.165 e. The Morgan fingerprint density at radius 1 is 1.38 bits per heavy atom. The topological polar surface area (TPSA) is 46.5 Å². The molecule has 0 N–H and O–H groups in total. The molecule has 2 unspecified atom stereocenters. The van der Waals surface area contributed by atoms with Gasteiger partial charge in [0, 0.05) is 5.92 Å². The highest BCUT2D eigenvalue weighted by molar-refractivity contribution is 5.73. The maximum atomic E-state index is 10.6. The Hall–Kier alpha value is -1.51. The zero-order valence-electron chi connectivity index (χ0n) is 7.01. The first-order chi connectivity index (χ1) is 6.32. The zero-order valence-corrected chi connectivity index (χ0v) is 7.01. The van der Waals surface area contributed by atoms with Crippen molar-refractivity contribution in [3.63, 3.8) is 0 Å². The van der Waals surface area contributed by atoms with E-state index in [4.69, 9.17) is 0 Å². The largest absolute Gasteiger partial charge is 0.300 e. The van der Waals surface area contributed by atoms with Crippen molar-refractivity contribution >= 4 is 6.29 Å². The molecule has 1 aromatic carbocycles. The minimum absolute atomic E-state index is 0.00343. The second-order valence-electron chi connectivity index (χ2n) is 3.37. The Balaban J connectivity index is 2.24. The van der Waals surface area contributed by atoms with Crippen LogP contribution >= 0.6 is 0 Å². The fraction of sp³-hybridized carbons (Fsp3) is 0.300. The second kappa shape index (κ2) is 2.76. The van der Waals surface area contributed by atoms with Crippen molar-refractivity contribution in [2.24, 2.45) is 5.18 Å². The standard InChI is InChI=1S/C10H9NO2/c12-7-10(11-13)6-9(10)8-4-2-1-3-5-8/h1-5,7,9H,6H2. The highest BCUT2D eigenvalue weighted by Crippen LogP contribution is 2.52. The SMILES string of the molecule is O=CC1(N=O)CC1c1ccccc1. The summed E-state index contributed by atoms with van der Waals surface area (Å²) >= 11 is 0. The van der Waals surface area contributed by atoms with E-state index in [1.165, 1.54) is 0 Å². The molecule has 1 saturated carbocycles. The van der Waals surface area contributed by atoms with Crippen molar-refractivity contribution in [1.29, 1.82) is 0 Å². The lowest BCUT2D eigenvalue weighted by atomic mass is 10.1. The van der Waals surface area contributed by atoms with Crippen molar-refractivity contribution in [3.8, 4) is 0 Å². The second-order valence-corrected chi connectivity index (χ2v) is 3.37. The smallest absolute Gasteiger partial charge is 0.165 e. The average molecular weight is 175 g/mol. The van der Waals surface area contributed by atoms with Gasteiger partial charge < -0.3 is 4.79 Å². The fourth-order valence-corrected chi connectivity index (χ4v) is 1.61. The molecule has 1 fully saturated rings. The van der Waals surface area contributed by atoms with Crippen LogP contribution in [0.25, 0.3) is 0 Å². The summed E-state index contributed by atoms with van der Waals surface area (Å²) in [5.74, 6) is 0.00343. The van der Waals surface area contributed by atoms with Gasteiger partial charge >= 0.3 is 0 Å². The molecule has 2 rings (SSSR count). The normalized spacial score (nSPS) is 30.9. The molecular weight excluding hydrogens is 166 g/mol. The molecule has 13 heavy (non-hydrogen) atoms. The average Bonchev–Trinajstić information content (AvgIpc) is 2.95. The van der Waals surface area contributed by atoms with Crippen molar-refractivity contribution < 1.29 is 4.79 Å². The Labute approximate surface area is 75.7 Å². The van der Waals surface area contributed by atoms with E-state index in [0.29, 0.717) is 12.7 Å². The zero-order chi connectivity index (χ0) is 9.31. The van der Waals surface area contributed by atoms with Crippen LogP contribution in [0.15, 0.2) is 35.5 Å². The fourth-order valence-electron chi connectivity index (χ4n) is 1.61. The first-order valence-electron chi connectivity index (χ1n) is 4.18. The summed E-state index contributed by atoms with van der Waals surface area (Å²) in [6, 6.07) is 9.53. The minimum Gasteiger partial charge on any atom is -0.300 e. The quantitative estimate of drug-likeness (QED) is 0.520. The van der Waals surface area contributed by atoms with Crippen LogP contribution in [-0.4, -0.2) is 11.8 Å². The first-order valence-corrected chi connectivity index (χ1v) is 4.18. The summed E-state index contributed by atoms with van der Waals surface area (Å²) in [6.45, 7) is 0. The lowest BCUT2D eigenvalue weighted by Gasteiger charge is -1.99. The van der Waals surface area contributed by atoms with E-state index in [9.17, 15) is 9.70 Å². The Morgan fingerprint density at radius 2 is 2.08 bits per heavy atom. The van der Waals surface area contributed by atoms with E-state index in [-0.39, 0.29) is 5.92 Å². The summed E-state index contributed by atoms with van der Waals surface area (Å²) in [5, 5.41) is 2.89. The van der Waals surface area contributed by atoms with E-state index >= 15 is 0 Å². The third-order valence-corrected chi connectivity index (χ3v) is 2.55. The maximum absolute atomic E-state index is 10.6. The van der Waals surface area contributed by atoms with Crippen LogP contribution in [0.5, 0.6) is 0 Å².